The molecule has 0 saturated heterocycles. The van der Waals surface area contributed by atoms with Gasteiger partial charge in [-0.25, -0.2) is 4.98 Å². The van der Waals surface area contributed by atoms with Gasteiger partial charge in [-0.1, -0.05) is 64.5 Å². The predicted octanol–water partition coefficient (Wildman–Crippen LogP) is 7.73. The van der Waals surface area contributed by atoms with Crippen LogP contribution in [0, 0.1) is 0 Å². The van der Waals surface area contributed by atoms with E-state index in [0.717, 1.165) is 20.6 Å². The van der Waals surface area contributed by atoms with Gasteiger partial charge in [0.1, 0.15) is 5.70 Å². The Morgan fingerprint density at radius 1 is 0.894 bits per heavy atom. The van der Waals surface area contributed by atoms with Gasteiger partial charge in [-0.05, 0) is 54.6 Å². The van der Waals surface area contributed by atoms with Gasteiger partial charge >= 0.3 is 0 Å². The van der Waals surface area contributed by atoms with Crippen LogP contribution in [0.3, 0.4) is 0 Å². The minimum Gasteiger partial charge on any atom is -0.493 e. The van der Waals surface area contributed by atoms with Crippen LogP contribution in [0.1, 0.15) is 15.9 Å². The van der Waals surface area contributed by atoms with Crippen molar-refractivity contribution in [3.8, 4) is 22.8 Å². The van der Waals surface area contributed by atoms with Crippen LogP contribution in [-0.2, 0) is 9.59 Å². The summed E-state index contributed by atoms with van der Waals surface area (Å²) in [6, 6.07) is 28.7. The maximum absolute atomic E-state index is 13.6. The Bertz CT molecular complexity index is 1910. The molecule has 0 bridgehead atoms. The van der Waals surface area contributed by atoms with Crippen molar-refractivity contribution in [2.45, 2.75) is 4.90 Å². The minimum absolute atomic E-state index is 0.00575. The molecule has 0 unspecified atom stereocenters. The molecular formula is C35H29BrN4O5S2. The molecule has 0 saturated carbocycles. The predicted molar refractivity (Wildman–Crippen MR) is 191 cm³/mol. The normalized spacial score (nSPS) is 11.0. The summed E-state index contributed by atoms with van der Waals surface area (Å²) in [6.45, 7) is 0. The van der Waals surface area contributed by atoms with Gasteiger partial charge in [0, 0.05) is 37.1 Å². The maximum Gasteiger partial charge on any atom is 0.272 e. The number of hydrogen-bond donors (Lipinski definition) is 3. The van der Waals surface area contributed by atoms with Gasteiger partial charge < -0.3 is 25.4 Å². The first-order valence-electron chi connectivity index (χ1n) is 14.2. The van der Waals surface area contributed by atoms with Crippen molar-refractivity contribution in [3.63, 3.8) is 0 Å². The number of halogens is 1. The molecule has 3 amide bonds. The zero-order chi connectivity index (χ0) is 33.2. The topological polar surface area (TPSA) is 119 Å². The van der Waals surface area contributed by atoms with E-state index in [1.807, 2.05) is 35.7 Å². The standard InChI is InChI=1S/C35H29BrN4O5S2/c1-44-30-13-6-10-24(32(30)45-2)18-28(38-33(42)23-8-4-3-5-9-23)34(43)37-26-11-7-12-27(19-26)46-21-31(41)40-35-39-29(20-47-35)22-14-16-25(36)17-15-22/h3-20H,21H2,1-2H3,(H,37,43)(H,38,42)(H,39,40,41)/b28-18+. The maximum atomic E-state index is 13.6. The van der Waals surface area contributed by atoms with Crippen LogP contribution in [0.2, 0.25) is 0 Å². The molecule has 3 N–H and O–H groups in total. The third kappa shape index (κ3) is 9.09. The summed E-state index contributed by atoms with van der Waals surface area (Å²) >= 11 is 6.10. The molecule has 238 valence electrons. The number of nitrogens with zero attached hydrogens (tertiary/aromatic N) is 1. The van der Waals surface area contributed by atoms with Gasteiger partial charge in [0.05, 0.1) is 25.7 Å². The fourth-order valence-corrected chi connectivity index (χ4v) is 6.13. The molecule has 1 aromatic heterocycles. The molecule has 0 spiro atoms. The van der Waals surface area contributed by atoms with Crippen LogP contribution in [0.4, 0.5) is 10.8 Å². The largest absolute Gasteiger partial charge is 0.493 e. The van der Waals surface area contributed by atoms with E-state index < -0.39 is 11.8 Å². The van der Waals surface area contributed by atoms with E-state index in [0.29, 0.717) is 33.4 Å². The number of thiazole rings is 1. The highest BCUT2D eigenvalue weighted by molar-refractivity contribution is 9.10. The third-order valence-corrected chi connectivity index (χ3v) is 8.89. The Hall–Kier alpha value is -4.91. The van der Waals surface area contributed by atoms with E-state index in [1.54, 1.807) is 66.7 Å². The molecule has 1 heterocycles. The Balaban J connectivity index is 1.27. The molecule has 9 nitrogen and oxygen atoms in total. The van der Waals surface area contributed by atoms with E-state index in [4.69, 9.17) is 9.47 Å². The lowest BCUT2D eigenvalue weighted by molar-refractivity contribution is -0.114. The van der Waals surface area contributed by atoms with Crippen LogP contribution in [0.15, 0.2) is 118 Å². The molecule has 0 atom stereocenters. The van der Waals surface area contributed by atoms with Crippen molar-refractivity contribution < 1.29 is 23.9 Å². The van der Waals surface area contributed by atoms with Gasteiger partial charge in [0.25, 0.3) is 11.8 Å². The Morgan fingerprint density at radius 3 is 2.40 bits per heavy atom. The molecular weight excluding hydrogens is 700 g/mol. The minimum atomic E-state index is -0.551. The number of hydrogen-bond acceptors (Lipinski definition) is 8. The molecule has 5 aromatic rings. The Morgan fingerprint density at radius 2 is 1.66 bits per heavy atom. The molecule has 5 rings (SSSR count). The number of anilines is 2. The number of carbonyl (C=O) groups is 3. The molecule has 47 heavy (non-hydrogen) atoms. The summed E-state index contributed by atoms with van der Waals surface area (Å²) < 4.78 is 11.9. The summed E-state index contributed by atoms with van der Waals surface area (Å²) in [7, 11) is 3.02. The first-order valence-corrected chi connectivity index (χ1v) is 16.8. The second kappa shape index (κ2) is 16.1. The first-order chi connectivity index (χ1) is 22.8. The smallest absolute Gasteiger partial charge is 0.272 e. The van der Waals surface area contributed by atoms with Crippen LogP contribution >= 0.6 is 39.0 Å². The van der Waals surface area contributed by atoms with E-state index in [2.05, 4.69) is 36.9 Å². The molecule has 12 heteroatoms. The second-order valence-corrected chi connectivity index (χ2v) is 12.6. The Labute approximate surface area is 288 Å². The van der Waals surface area contributed by atoms with E-state index in [1.165, 1.54) is 43.4 Å². The zero-order valence-electron chi connectivity index (χ0n) is 25.3. The second-order valence-electron chi connectivity index (χ2n) is 9.82. The average Bonchev–Trinajstić information content (AvgIpc) is 3.56. The van der Waals surface area contributed by atoms with E-state index >= 15 is 0 Å². The monoisotopic (exact) mass is 728 g/mol. The highest BCUT2D eigenvalue weighted by Crippen LogP contribution is 2.32. The summed E-state index contributed by atoms with van der Waals surface area (Å²) in [5.74, 6) is -0.185. The van der Waals surface area contributed by atoms with Crippen molar-refractivity contribution in [1.29, 1.82) is 0 Å². The Kier molecular flexibility index (Phi) is 11.4. The number of carbonyl (C=O) groups excluding carboxylic acids is 3. The molecule has 0 aliphatic heterocycles. The van der Waals surface area contributed by atoms with Gasteiger partial charge in [0.15, 0.2) is 16.6 Å². The number of thioether (sulfide) groups is 1. The number of ether oxygens (including phenoxy) is 2. The molecule has 0 aliphatic carbocycles. The molecule has 0 radical (unpaired) electrons. The van der Waals surface area contributed by atoms with Crippen molar-refractivity contribution in [2.24, 2.45) is 0 Å². The highest BCUT2D eigenvalue weighted by atomic mass is 79.9. The SMILES string of the molecule is COc1cccc(/C=C(/NC(=O)c2ccccc2)C(=O)Nc2cccc(SCC(=O)Nc3nc(-c4ccc(Br)cc4)cs3)c2)c1OC. The third-order valence-electron chi connectivity index (χ3n) is 6.61. The quantitative estimate of drug-likeness (QED) is 0.0889. The lowest BCUT2D eigenvalue weighted by atomic mass is 10.1. The lowest BCUT2D eigenvalue weighted by Gasteiger charge is -2.14. The van der Waals surface area contributed by atoms with Gasteiger partial charge in [-0.3, -0.25) is 14.4 Å². The van der Waals surface area contributed by atoms with Crippen LogP contribution in [0.5, 0.6) is 11.5 Å². The van der Waals surface area contributed by atoms with Crippen LogP contribution < -0.4 is 25.4 Å². The number of para-hydroxylation sites is 1. The number of aromatic nitrogens is 1. The molecule has 4 aromatic carbocycles. The van der Waals surface area contributed by atoms with Crippen molar-refractivity contribution in [1.82, 2.24) is 10.3 Å². The summed E-state index contributed by atoms with van der Waals surface area (Å²) in [4.78, 5) is 44.7. The first kappa shape index (κ1) is 33.5. The van der Waals surface area contributed by atoms with Crippen LogP contribution in [-0.4, -0.2) is 42.7 Å². The van der Waals surface area contributed by atoms with Gasteiger partial charge in [0.2, 0.25) is 5.91 Å². The number of amides is 3. The number of benzene rings is 4. The van der Waals surface area contributed by atoms with Crippen LogP contribution in [0.25, 0.3) is 17.3 Å². The van der Waals surface area contributed by atoms with E-state index in [9.17, 15) is 14.4 Å². The molecule has 0 fully saturated rings. The van der Waals surface area contributed by atoms with Crippen molar-refractivity contribution in [3.05, 3.63) is 124 Å². The fraction of sp³-hybridized carbons (Fsp3) is 0.0857. The van der Waals surface area contributed by atoms with Crippen molar-refractivity contribution in [2.75, 3.05) is 30.6 Å². The van der Waals surface area contributed by atoms with Gasteiger partial charge in [-0.15, -0.1) is 23.1 Å². The van der Waals surface area contributed by atoms with Gasteiger partial charge in [-0.2, -0.15) is 0 Å². The number of rotatable bonds is 12. The summed E-state index contributed by atoms with van der Waals surface area (Å²) in [5.41, 5.74) is 3.14. The zero-order valence-corrected chi connectivity index (χ0v) is 28.5. The lowest BCUT2D eigenvalue weighted by Crippen LogP contribution is -2.30. The summed E-state index contributed by atoms with van der Waals surface area (Å²) in [6.07, 6.45) is 1.53. The fourth-order valence-electron chi connectivity index (χ4n) is 4.37. The highest BCUT2D eigenvalue weighted by Gasteiger charge is 2.18. The number of nitrogens with one attached hydrogen (secondary N) is 3. The van der Waals surface area contributed by atoms with Crippen molar-refractivity contribution >= 4 is 73.6 Å². The average molecular weight is 730 g/mol. The van der Waals surface area contributed by atoms with E-state index in [-0.39, 0.29) is 17.4 Å². The summed E-state index contributed by atoms with van der Waals surface area (Å²) in [5, 5.41) is 10.8. The molecule has 0 aliphatic rings. The number of methoxy groups -OCH3 is 2.